The lowest BCUT2D eigenvalue weighted by Gasteiger charge is -2.24. The van der Waals surface area contributed by atoms with E-state index in [2.05, 4.69) is 11.9 Å². The number of nitrogens with zero attached hydrogens (tertiary/aromatic N) is 1. The summed E-state index contributed by atoms with van der Waals surface area (Å²) < 4.78 is 26.7. The largest absolute Gasteiger partial charge is 0.384 e. The Kier molecular flexibility index (Phi) is 3.96. The van der Waals surface area contributed by atoms with Crippen LogP contribution in [0.3, 0.4) is 0 Å². The molecule has 1 N–H and O–H groups in total. The van der Waals surface area contributed by atoms with E-state index in [0.717, 1.165) is 18.7 Å². The van der Waals surface area contributed by atoms with Crippen LogP contribution in [0, 0.1) is 0 Å². The molecule has 0 fully saturated rings. The lowest BCUT2D eigenvalue weighted by molar-refractivity contribution is 0.383. The molecule has 0 atom stereocenters. The summed E-state index contributed by atoms with van der Waals surface area (Å²) >= 11 is 0. The average molecular weight is 280 g/mol. The molecule has 0 radical (unpaired) electrons. The van der Waals surface area contributed by atoms with E-state index in [9.17, 15) is 8.42 Å². The van der Waals surface area contributed by atoms with Gasteiger partial charge in [-0.1, -0.05) is 12.1 Å². The Morgan fingerprint density at radius 2 is 2.21 bits per heavy atom. The molecule has 4 nitrogen and oxygen atoms in total. The van der Waals surface area contributed by atoms with Crippen molar-refractivity contribution in [3.8, 4) is 0 Å². The van der Waals surface area contributed by atoms with Crippen molar-refractivity contribution >= 4 is 15.7 Å². The van der Waals surface area contributed by atoms with Crippen molar-refractivity contribution in [2.45, 2.75) is 31.2 Å². The monoisotopic (exact) mass is 280 g/mol. The molecule has 1 aliphatic rings. The van der Waals surface area contributed by atoms with Crippen LogP contribution in [0.4, 0.5) is 5.69 Å². The van der Waals surface area contributed by atoms with Gasteiger partial charge in [-0.15, -0.1) is 6.58 Å². The summed E-state index contributed by atoms with van der Waals surface area (Å²) in [6, 6.07) is 5.23. The van der Waals surface area contributed by atoms with Crippen LogP contribution in [-0.2, 0) is 16.4 Å². The Labute approximate surface area is 115 Å². The molecule has 1 aromatic rings. The molecule has 0 spiro atoms. The summed E-state index contributed by atoms with van der Waals surface area (Å²) in [4.78, 5) is 0.344. The van der Waals surface area contributed by atoms with Gasteiger partial charge in [0.1, 0.15) is 0 Å². The summed E-state index contributed by atoms with van der Waals surface area (Å²) in [5.74, 6) is 0. The quantitative estimate of drug-likeness (QED) is 0.842. The highest BCUT2D eigenvalue weighted by molar-refractivity contribution is 7.89. The minimum Gasteiger partial charge on any atom is -0.384 e. The van der Waals surface area contributed by atoms with Gasteiger partial charge in [0.15, 0.2) is 0 Å². The van der Waals surface area contributed by atoms with Gasteiger partial charge < -0.3 is 5.32 Å². The molecule has 0 saturated carbocycles. The van der Waals surface area contributed by atoms with Crippen LogP contribution >= 0.6 is 0 Å². The minimum atomic E-state index is -3.46. The van der Waals surface area contributed by atoms with Crippen molar-refractivity contribution < 1.29 is 8.42 Å². The summed E-state index contributed by atoms with van der Waals surface area (Å²) in [5, 5.41) is 3.21. The van der Waals surface area contributed by atoms with Gasteiger partial charge in [0.2, 0.25) is 10.0 Å². The number of anilines is 1. The first-order chi connectivity index (χ1) is 8.96. The molecule has 0 saturated heterocycles. The Hall–Kier alpha value is -1.33. The molecule has 1 aromatic carbocycles. The fourth-order valence-electron chi connectivity index (χ4n) is 2.28. The highest BCUT2D eigenvalue weighted by atomic mass is 32.2. The van der Waals surface area contributed by atoms with E-state index < -0.39 is 10.0 Å². The van der Waals surface area contributed by atoms with Crippen LogP contribution < -0.4 is 5.32 Å². The number of hydrogen-bond donors (Lipinski definition) is 1. The van der Waals surface area contributed by atoms with Crippen molar-refractivity contribution in [3.05, 3.63) is 36.4 Å². The zero-order chi connectivity index (χ0) is 14.0. The first-order valence-electron chi connectivity index (χ1n) is 6.46. The summed E-state index contributed by atoms with van der Waals surface area (Å²) in [5.41, 5.74) is 2.11. The third-order valence-electron chi connectivity index (χ3n) is 3.28. The van der Waals surface area contributed by atoms with Gasteiger partial charge in [0, 0.05) is 24.8 Å². The van der Waals surface area contributed by atoms with E-state index in [0.29, 0.717) is 11.4 Å². The van der Waals surface area contributed by atoms with Crippen LogP contribution in [0.25, 0.3) is 0 Å². The molecule has 0 bridgehead atoms. The second-order valence-electron chi connectivity index (χ2n) is 4.95. The summed E-state index contributed by atoms with van der Waals surface area (Å²) in [6.07, 6.45) is 2.57. The lowest BCUT2D eigenvalue weighted by atomic mass is 10.2. The maximum absolute atomic E-state index is 12.6. The number of sulfonamides is 1. The molecule has 1 heterocycles. The number of benzene rings is 1. The van der Waals surface area contributed by atoms with Crippen molar-refractivity contribution in [1.82, 2.24) is 4.31 Å². The molecule has 0 aliphatic carbocycles. The maximum Gasteiger partial charge on any atom is 0.243 e. The average Bonchev–Trinajstić information content (AvgIpc) is 2.82. The maximum atomic E-state index is 12.6. The lowest BCUT2D eigenvalue weighted by Crippen LogP contribution is -2.37. The SMILES string of the molecule is C=CCN(C(C)C)S(=O)(=O)c1ccc2c(c1)NCC2. The van der Waals surface area contributed by atoms with Crippen molar-refractivity contribution in [1.29, 1.82) is 0 Å². The summed E-state index contributed by atoms with van der Waals surface area (Å²) in [6.45, 7) is 8.56. The van der Waals surface area contributed by atoms with Crippen LogP contribution in [-0.4, -0.2) is 31.9 Å². The van der Waals surface area contributed by atoms with E-state index in [1.54, 1.807) is 18.2 Å². The van der Waals surface area contributed by atoms with Gasteiger partial charge in [-0.05, 0) is 38.0 Å². The van der Waals surface area contributed by atoms with Crippen molar-refractivity contribution in [3.63, 3.8) is 0 Å². The summed E-state index contributed by atoms with van der Waals surface area (Å²) in [7, 11) is -3.46. The first kappa shape index (κ1) is 14.1. The van der Waals surface area contributed by atoms with E-state index in [-0.39, 0.29) is 6.04 Å². The molecule has 0 amide bonds. The molecule has 1 aliphatic heterocycles. The van der Waals surface area contributed by atoms with E-state index in [4.69, 9.17) is 0 Å². The highest BCUT2D eigenvalue weighted by Crippen LogP contribution is 2.27. The number of rotatable bonds is 5. The number of fused-ring (bicyclic) bond motifs is 1. The van der Waals surface area contributed by atoms with Gasteiger partial charge in [0.05, 0.1) is 4.90 Å². The second kappa shape index (κ2) is 5.35. The molecular formula is C14H20N2O2S. The molecule has 2 rings (SSSR count). The van der Waals surface area contributed by atoms with E-state index >= 15 is 0 Å². The zero-order valence-corrected chi connectivity index (χ0v) is 12.2. The first-order valence-corrected chi connectivity index (χ1v) is 7.90. The standard InChI is InChI=1S/C14H20N2O2S/c1-4-9-16(11(2)3)19(17,18)13-6-5-12-7-8-15-14(12)10-13/h4-6,10-11,15H,1,7-9H2,2-3H3. The number of hydrogen-bond acceptors (Lipinski definition) is 3. The topological polar surface area (TPSA) is 49.4 Å². The molecular weight excluding hydrogens is 260 g/mol. The molecule has 19 heavy (non-hydrogen) atoms. The number of nitrogens with one attached hydrogen (secondary N) is 1. The second-order valence-corrected chi connectivity index (χ2v) is 6.84. The van der Waals surface area contributed by atoms with Crippen LogP contribution in [0.15, 0.2) is 35.7 Å². The Bertz CT molecular complexity index is 579. The third kappa shape index (κ3) is 2.67. The van der Waals surface area contributed by atoms with Crippen molar-refractivity contribution in [2.24, 2.45) is 0 Å². The fourth-order valence-corrected chi connectivity index (χ4v) is 3.91. The predicted octanol–water partition coefficient (Wildman–Crippen LogP) is 2.24. The van der Waals surface area contributed by atoms with E-state index in [1.807, 2.05) is 19.9 Å². The van der Waals surface area contributed by atoms with Crippen molar-refractivity contribution in [2.75, 3.05) is 18.4 Å². The normalized spacial score (nSPS) is 14.5. The Morgan fingerprint density at radius 1 is 1.47 bits per heavy atom. The molecule has 5 heteroatoms. The van der Waals surface area contributed by atoms with Crippen LogP contribution in [0.2, 0.25) is 0 Å². The minimum absolute atomic E-state index is 0.0933. The van der Waals surface area contributed by atoms with Crippen LogP contribution in [0.1, 0.15) is 19.4 Å². The van der Waals surface area contributed by atoms with Gasteiger partial charge >= 0.3 is 0 Å². The van der Waals surface area contributed by atoms with E-state index in [1.165, 1.54) is 9.87 Å². The predicted molar refractivity (Wildman–Crippen MR) is 77.9 cm³/mol. The molecule has 104 valence electrons. The van der Waals surface area contributed by atoms with Gasteiger partial charge in [-0.25, -0.2) is 8.42 Å². The zero-order valence-electron chi connectivity index (χ0n) is 11.4. The van der Waals surface area contributed by atoms with Gasteiger partial charge in [0.25, 0.3) is 0 Å². The molecule has 0 aromatic heterocycles. The smallest absolute Gasteiger partial charge is 0.243 e. The fraction of sp³-hybridized carbons (Fsp3) is 0.429. The Balaban J connectivity index is 2.40. The van der Waals surface area contributed by atoms with Gasteiger partial charge in [-0.3, -0.25) is 0 Å². The molecule has 0 unspecified atom stereocenters. The van der Waals surface area contributed by atoms with Gasteiger partial charge in [-0.2, -0.15) is 4.31 Å². The Morgan fingerprint density at radius 3 is 2.84 bits per heavy atom. The third-order valence-corrected chi connectivity index (χ3v) is 5.32. The highest BCUT2D eigenvalue weighted by Gasteiger charge is 2.27. The van der Waals surface area contributed by atoms with Crippen LogP contribution in [0.5, 0.6) is 0 Å².